The molecule has 0 radical (unpaired) electrons. The molecule has 12 heteroatoms. The Kier molecular flexibility index (Phi) is 7.91. The molecule has 0 bridgehead atoms. The number of nitrogens with one attached hydrogen (secondary N) is 1. The van der Waals surface area contributed by atoms with E-state index in [0.717, 1.165) is 45.1 Å². The van der Waals surface area contributed by atoms with Gasteiger partial charge in [0.2, 0.25) is 5.95 Å². The summed E-state index contributed by atoms with van der Waals surface area (Å²) in [6.45, 7) is 2.76. The normalized spacial score (nSPS) is 14.2. The van der Waals surface area contributed by atoms with E-state index in [1.165, 1.54) is 12.1 Å². The zero-order chi connectivity index (χ0) is 29.1. The SMILES string of the molecule is Nc1ncc(-c2nc(N3CCOCC3)c3sc(-c4cccc(CC(O)CNC(=O)c5ccccc5O)c4)cc3n2)cn1. The number of benzene rings is 2. The summed E-state index contributed by atoms with van der Waals surface area (Å²) in [5, 5.41) is 23.2. The molecule has 11 nitrogen and oxygen atoms in total. The van der Waals surface area contributed by atoms with Crippen LogP contribution in [-0.4, -0.2) is 75.0 Å². The summed E-state index contributed by atoms with van der Waals surface area (Å²) in [4.78, 5) is 33.6. The smallest absolute Gasteiger partial charge is 0.255 e. The first-order chi connectivity index (χ1) is 20.4. The molecule has 5 aromatic rings. The van der Waals surface area contributed by atoms with E-state index in [-0.39, 0.29) is 23.8 Å². The molecule has 1 amide bonds. The number of para-hydroxylation sites is 1. The number of anilines is 2. The maximum absolute atomic E-state index is 12.4. The number of nitrogens with zero attached hydrogens (tertiary/aromatic N) is 5. The molecule has 214 valence electrons. The molecular weight excluding hydrogens is 554 g/mol. The highest BCUT2D eigenvalue weighted by Crippen LogP contribution is 2.39. The number of phenols is 1. The molecule has 0 spiro atoms. The molecule has 1 aliphatic heterocycles. The lowest BCUT2D eigenvalue weighted by atomic mass is 10.0. The van der Waals surface area contributed by atoms with Crippen LogP contribution < -0.4 is 16.0 Å². The molecule has 6 rings (SSSR count). The minimum Gasteiger partial charge on any atom is -0.507 e. The van der Waals surface area contributed by atoms with Gasteiger partial charge in [-0.2, -0.15) is 0 Å². The van der Waals surface area contributed by atoms with Gasteiger partial charge in [-0.25, -0.2) is 19.9 Å². The summed E-state index contributed by atoms with van der Waals surface area (Å²) < 4.78 is 6.54. The molecule has 1 atom stereocenters. The first-order valence-corrected chi connectivity index (χ1v) is 14.3. The first-order valence-electron chi connectivity index (χ1n) is 13.5. The number of amides is 1. The number of hydrogen-bond donors (Lipinski definition) is 4. The summed E-state index contributed by atoms with van der Waals surface area (Å²) >= 11 is 1.62. The number of nitrogens with two attached hydrogens (primary N) is 1. The Balaban J connectivity index is 1.24. The second-order valence-corrected chi connectivity index (χ2v) is 11.0. The minimum atomic E-state index is -0.805. The lowest BCUT2D eigenvalue weighted by molar-refractivity contribution is 0.0913. The van der Waals surface area contributed by atoms with Crippen molar-refractivity contribution in [2.24, 2.45) is 0 Å². The summed E-state index contributed by atoms with van der Waals surface area (Å²) in [7, 11) is 0. The predicted octanol–water partition coefficient (Wildman–Crippen LogP) is 3.27. The van der Waals surface area contributed by atoms with Gasteiger partial charge in [0, 0.05) is 43.3 Å². The van der Waals surface area contributed by atoms with Gasteiger partial charge in [-0.15, -0.1) is 11.3 Å². The number of carbonyl (C=O) groups excluding carboxylic acids is 1. The molecule has 1 unspecified atom stereocenters. The number of thiophene rings is 1. The third kappa shape index (κ3) is 6.00. The molecule has 0 aliphatic carbocycles. The van der Waals surface area contributed by atoms with E-state index in [9.17, 15) is 15.0 Å². The summed E-state index contributed by atoms with van der Waals surface area (Å²) in [5.74, 6) is 1.02. The van der Waals surface area contributed by atoms with Gasteiger partial charge in [0.05, 0.1) is 40.7 Å². The van der Waals surface area contributed by atoms with Gasteiger partial charge in [-0.1, -0.05) is 36.4 Å². The second-order valence-electron chi connectivity index (χ2n) is 9.91. The third-order valence-corrected chi connectivity index (χ3v) is 8.09. The zero-order valence-electron chi connectivity index (χ0n) is 22.6. The molecular formula is C30H29N7O4S. The van der Waals surface area contributed by atoms with Crippen molar-refractivity contribution >= 4 is 39.2 Å². The topological polar surface area (TPSA) is 160 Å². The molecule has 42 heavy (non-hydrogen) atoms. The number of phenolic OH excluding ortho intramolecular Hbond substituents is 1. The van der Waals surface area contributed by atoms with Crippen molar-refractivity contribution in [3.8, 4) is 27.6 Å². The van der Waals surface area contributed by atoms with Crippen LogP contribution in [-0.2, 0) is 11.2 Å². The maximum atomic E-state index is 12.4. The van der Waals surface area contributed by atoms with Gasteiger partial charge >= 0.3 is 0 Å². The highest BCUT2D eigenvalue weighted by atomic mass is 32.1. The quantitative estimate of drug-likeness (QED) is 0.213. The van der Waals surface area contributed by atoms with Crippen molar-refractivity contribution in [3.05, 3.63) is 78.1 Å². The van der Waals surface area contributed by atoms with E-state index < -0.39 is 12.0 Å². The number of aliphatic hydroxyl groups is 1. The van der Waals surface area contributed by atoms with Crippen molar-refractivity contribution in [3.63, 3.8) is 0 Å². The van der Waals surface area contributed by atoms with E-state index in [4.69, 9.17) is 20.4 Å². The molecule has 4 heterocycles. The Morgan fingerprint density at radius 3 is 2.62 bits per heavy atom. The highest BCUT2D eigenvalue weighted by molar-refractivity contribution is 7.22. The number of carbonyl (C=O) groups is 1. The zero-order valence-corrected chi connectivity index (χ0v) is 23.4. The van der Waals surface area contributed by atoms with Crippen LogP contribution in [0.3, 0.4) is 0 Å². The molecule has 2 aromatic carbocycles. The lowest BCUT2D eigenvalue weighted by Crippen LogP contribution is -2.36. The summed E-state index contributed by atoms with van der Waals surface area (Å²) in [6, 6.07) is 16.3. The average Bonchev–Trinajstić information content (AvgIpc) is 3.45. The fourth-order valence-corrected chi connectivity index (χ4v) is 5.91. The molecule has 1 aliphatic rings. The monoisotopic (exact) mass is 583 g/mol. The number of aromatic hydroxyl groups is 1. The Morgan fingerprint density at radius 2 is 1.83 bits per heavy atom. The fourth-order valence-electron chi connectivity index (χ4n) is 4.80. The van der Waals surface area contributed by atoms with Gasteiger partial charge in [-0.3, -0.25) is 4.79 Å². The number of fused-ring (bicyclic) bond motifs is 1. The lowest BCUT2D eigenvalue weighted by Gasteiger charge is -2.28. The summed E-state index contributed by atoms with van der Waals surface area (Å²) in [5.41, 5.74) is 9.27. The van der Waals surface area contributed by atoms with Crippen LogP contribution in [0.2, 0.25) is 0 Å². The molecule has 3 aromatic heterocycles. The first kappa shape index (κ1) is 27.5. The van der Waals surface area contributed by atoms with Crippen LogP contribution >= 0.6 is 11.3 Å². The van der Waals surface area contributed by atoms with E-state index in [1.54, 1.807) is 35.9 Å². The number of aliphatic hydroxyl groups excluding tert-OH is 1. The van der Waals surface area contributed by atoms with Gasteiger partial charge in [-0.05, 0) is 29.3 Å². The number of morpholine rings is 1. The Labute approximate surface area is 245 Å². The van der Waals surface area contributed by atoms with E-state index in [0.29, 0.717) is 31.0 Å². The Hall–Kier alpha value is -4.65. The largest absolute Gasteiger partial charge is 0.507 e. The maximum Gasteiger partial charge on any atom is 0.255 e. The van der Waals surface area contributed by atoms with Crippen LogP contribution in [0.4, 0.5) is 11.8 Å². The van der Waals surface area contributed by atoms with Gasteiger partial charge in [0.1, 0.15) is 5.75 Å². The van der Waals surface area contributed by atoms with Crippen molar-refractivity contribution in [2.45, 2.75) is 12.5 Å². The third-order valence-electron chi connectivity index (χ3n) is 6.92. The van der Waals surface area contributed by atoms with E-state index >= 15 is 0 Å². The molecule has 1 saturated heterocycles. The highest BCUT2D eigenvalue weighted by Gasteiger charge is 2.21. The number of hydrogen-bond acceptors (Lipinski definition) is 11. The van der Waals surface area contributed by atoms with Crippen LogP contribution in [0.15, 0.2) is 67.0 Å². The summed E-state index contributed by atoms with van der Waals surface area (Å²) in [6.07, 6.45) is 2.79. The van der Waals surface area contributed by atoms with Gasteiger partial charge in [0.15, 0.2) is 11.6 Å². The Bertz CT molecular complexity index is 1720. The molecule has 1 fully saturated rings. The molecule has 5 N–H and O–H groups in total. The van der Waals surface area contributed by atoms with Crippen LogP contribution in [0.5, 0.6) is 5.75 Å². The Morgan fingerprint density at radius 1 is 1.05 bits per heavy atom. The van der Waals surface area contributed by atoms with Crippen LogP contribution in [0.1, 0.15) is 15.9 Å². The van der Waals surface area contributed by atoms with Crippen molar-refractivity contribution in [1.29, 1.82) is 0 Å². The number of aromatic nitrogens is 4. The van der Waals surface area contributed by atoms with Crippen LogP contribution in [0, 0.1) is 0 Å². The molecule has 0 saturated carbocycles. The fraction of sp³-hybridized carbons (Fsp3) is 0.233. The van der Waals surface area contributed by atoms with E-state index in [1.807, 2.05) is 24.3 Å². The number of nitrogen functional groups attached to an aromatic ring is 1. The standard InChI is InChI=1S/C30H29N7O4S/c31-30-33-15-20(16-34-30)27-35-23-14-25(42-26(23)28(36-27)37-8-10-41-11-9-37)19-5-3-4-18(12-19)13-21(38)17-32-29(40)22-6-1-2-7-24(22)39/h1-7,12,14-16,21,38-39H,8-11,13,17H2,(H,32,40)(H2,31,33,34). The van der Waals surface area contributed by atoms with E-state index in [2.05, 4.69) is 26.3 Å². The average molecular weight is 584 g/mol. The van der Waals surface area contributed by atoms with Crippen LogP contribution in [0.25, 0.3) is 32.0 Å². The minimum absolute atomic E-state index is 0.0520. The van der Waals surface area contributed by atoms with Gasteiger partial charge < -0.3 is 30.9 Å². The van der Waals surface area contributed by atoms with Crippen molar-refractivity contribution < 1.29 is 19.7 Å². The predicted molar refractivity (Wildman–Crippen MR) is 161 cm³/mol. The number of rotatable bonds is 8. The number of ether oxygens (including phenoxy) is 1. The van der Waals surface area contributed by atoms with Crippen molar-refractivity contribution in [1.82, 2.24) is 25.3 Å². The second kappa shape index (κ2) is 12.1. The van der Waals surface area contributed by atoms with Crippen molar-refractivity contribution in [2.75, 3.05) is 43.5 Å². The van der Waals surface area contributed by atoms with Gasteiger partial charge in [0.25, 0.3) is 5.91 Å².